The van der Waals surface area contributed by atoms with E-state index in [1.54, 1.807) is 0 Å². The van der Waals surface area contributed by atoms with Crippen molar-refractivity contribution in [2.45, 2.75) is 40.0 Å². The van der Waals surface area contributed by atoms with Gasteiger partial charge in [-0.15, -0.1) is 0 Å². The van der Waals surface area contributed by atoms with Crippen molar-refractivity contribution in [3.8, 4) is 0 Å². The minimum atomic E-state index is 0.266. The van der Waals surface area contributed by atoms with Gasteiger partial charge in [0.1, 0.15) is 0 Å². The molecule has 0 amide bonds. The van der Waals surface area contributed by atoms with E-state index in [4.69, 9.17) is 0 Å². The third-order valence-electron chi connectivity index (χ3n) is 3.22. The van der Waals surface area contributed by atoms with Crippen LogP contribution in [0.4, 0.5) is 0 Å². The number of hydrogen-bond donors (Lipinski definition) is 1. The molecule has 0 bridgehead atoms. The number of halogens is 2. The average molecular weight is 485 g/mol. The Bertz CT molecular complexity index is 458. The first-order chi connectivity index (χ1) is 9.06. The molecule has 1 aromatic carbocycles. The molecule has 4 heteroatoms. The second-order valence-corrected chi connectivity index (χ2v) is 6.65. The summed E-state index contributed by atoms with van der Waals surface area (Å²) in [6.07, 6.45) is 2.50. The first kappa shape index (κ1) is 17.4. The minimum Gasteiger partial charge on any atom is -0.317 e. The molecular weight excluding hydrogens is 464 g/mol. The van der Waals surface area contributed by atoms with E-state index < -0.39 is 0 Å². The third-order valence-corrected chi connectivity index (χ3v) is 6.34. The zero-order chi connectivity index (χ0) is 14.4. The quantitative estimate of drug-likeness (QED) is 0.357. The van der Waals surface area contributed by atoms with Gasteiger partial charge in [-0.3, -0.25) is 4.79 Å². The molecule has 0 radical (unpaired) electrons. The predicted molar refractivity (Wildman–Crippen MR) is 98.1 cm³/mol. The van der Waals surface area contributed by atoms with E-state index in [2.05, 4.69) is 77.3 Å². The Balaban J connectivity index is 3.12. The topological polar surface area (TPSA) is 29.1 Å². The number of nitrogens with one attached hydrogen (secondary N) is 1. The van der Waals surface area contributed by atoms with Crippen LogP contribution >= 0.6 is 45.2 Å². The van der Waals surface area contributed by atoms with Gasteiger partial charge in [-0.05, 0) is 81.8 Å². The molecule has 0 aliphatic heterocycles. The maximum Gasteiger partial charge on any atom is 0.164 e. The largest absolute Gasteiger partial charge is 0.317 e. The summed E-state index contributed by atoms with van der Waals surface area (Å²) in [4.78, 5) is 12.4. The van der Waals surface area contributed by atoms with Crippen molar-refractivity contribution in [2.24, 2.45) is 0 Å². The molecule has 1 aromatic rings. The SMILES string of the molecule is CCNCCC(=O)c1cc(I)c(I)c(CC)c1CC. The van der Waals surface area contributed by atoms with Gasteiger partial charge < -0.3 is 5.32 Å². The van der Waals surface area contributed by atoms with Crippen LogP contribution in [0.25, 0.3) is 0 Å². The molecule has 0 aliphatic carbocycles. The highest BCUT2D eigenvalue weighted by Gasteiger charge is 2.17. The van der Waals surface area contributed by atoms with E-state index in [0.29, 0.717) is 6.42 Å². The monoisotopic (exact) mass is 485 g/mol. The van der Waals surface area contributed by atoms with Crippen molar-refractivity contribution in [3.05, 3.63) is 29.9 Å². The van der Waals surface area contributed by atoms with Crippen molar-refractivity contribution in [2.75, 3.05) is 13.1 Å². The normalized spacial score (nSPS) is 10.8. The molecular formula is C15H21I2NO. The Hall–Kier alpha value is 0.310. The molecule has 2 nitrogen and oxygen atoms in total. The number of rotatable bonds is 7. The molecule has 0 heterocycles. The van der Waals surface area contributed by atoms with Gasteiger partial charge >= 0.3 is 0 Å². The molecule has 1 rings (SSSR count). The molecule has 0 atom stereocenters. The van der Waals surface area contributed by atoms with Gasteiger partial charge in [0, 0.05) is 25.7 Å². The van der Waals surface area contributed by atoms with E-state index in [0.717, 1.165) is 31.5 Å². The predicted octanol–water partition coefficient (Wildman–Crippen LogP) is 4.20. The van der Waals surface area contributed by atoms with Crippen LogP contribution in [-0.2, 0) is 12.8 Å². The van der Waals surface area contributed by atoms with Crippen molar-refractivity contribution >= 4 is 51.0 Å². The molecule has 0 spiro atoms. The van der Waals surface area contributed by atoms with Gasteiger partial charge in [0.05, 0.1) is 0 Å². The van der Waals surface area contributed by atoms with E-state index in [-0.39, 0.29) is 5.78 Å². The fraction of sp³-hybridized carbons (Fsp3) is 0.533. The van der Waals surface area contributed by atoms with Gasteiger partial charge in [0.25, 0.3) is 0 Å². The Morgan fingerprint density at radius 2 is 1.79 bits per heavy atom. The van der Waals surface area contributed by atoms with Crippen molar-refractivity contribution in [1.29, 1.82) is 0 Å². The summed E-state index contributed by atoms with van der Waals surface area (Å²) in [5.41, 5.74) is 3.53. The van der Waals surface area contributed by atoms with Crippen molar-refractivity contribution in [3.63, 3.8) is 0 Å². The van der Waals surface area contributed by atoms with Crippen molar-refractivity contribution in [1.82, 2.24) is 5.32 Å². The smallest absolute Gasteiger partial charge is 0.164 e. The fourth-order valence-corrected chi connectivity index (χ4v) is 3.75. The Kier molecular flexibility index (Phi) is 7.83. The first-order valence-corrected chi connectivity index (χ1v) is 8.96. The minimum absolute atomic E-state index is 0.266. The average Bonchev–Trinajstić information content (AvgIpc) is 2.41. The van der Waals surface area contributed by atoms with Gasteiger partial charge in [-0.2, -0.15) is 0 Å². The molecule has 0 saturated heterocycles. The highest BCUT2D eigenvalue weighted by Crippen LogP contribution is 2.28. The molecule has 0 fully saturated rings. The van der Waals surface area contributed by atoms with Crippen LogP contribution in [0.3, 0.4) is 0 Å². The summed E-state index contributed by atoms with van der Waals surface area (Å²) in [5.74, 6) is 0.266. The number of ketones is 1. The Morgan fingerprint density at radius 1 is 1.16 bits per heavy atom. The number of benzene rings is 1. The zero-order valence-corrected chi connectivity index (χ0v) is 16.1. The molecule has 0 saturated carbocycles. The highest BCUT2D eigenvalue weighted by atomic mass is 127. The number of carbonyl (C=O) groups is 1. The van der Waals surface area contributed by atoms with Crippen LogP contribution in [0, 0.1) is 7.14 Å². The third kappa shape index (κ3) is 4.39. The van der Waals surface area contributed by atoms with Gasteiger partial charge in [0.2, 0.25) is 0 Å². The van der Waals surface area contributed by atoms with Crippen LogP contribution in [0.15, 0.2) is 6.07 Å². The zero-order valence-electron chi connectivity index (χ0n) is 11.8. The molecule has 19 heavy (non-hydrogen) atoms. The lowest BCUT2D eigenvalue weighted by Crippen LogP contribution is -2.19. The number of Topliss-reactive ketones (excluding diaryl/α,β-unsaturated/α-hetero) is 1. The lowest BCUT2D eigenvalue weighted by Gasteiger charge is -2.15. The second kappa shape index (κ2) is 8.56. The lowest BCUT2D eigenvalue weighted by molar-refractivity contribution is 0.0981. The van der Waals surface area contributed by atoms with Gasteiger partial charge in [0.15, 0.2) is 5.78 Å². The maximum atomic E-state index is 12.4. The molecule has 0 aliphatic rings. The summed E-state index contributed by atoms with van der Waals surface area (Å²) in [6, 6.07) is 2.06. The van der Waals surface area contributed by atoms with E-state index >= 15 is 0 Å². The lowest BCUT2D eigenvalue weighted by atomic mass is 9.94. The van der Waals surface area contributed by atoms with Crippen LogP contribution < -0.4 is 5.32 Å². The van der Waals surface area contributed by atoms with E-state index in [1.807, 2.05) is 0 Å². The summed E-state index contributed by atoms with van der Waals surface area (Å²) >= 11 is 4.73. The molecule has 106 valence electrons. The second-order valence-electron chi connectivity index (χ2n) is 4.41. The van der Waals surface area contributed by atoms with E-state index in [9.17, 15) is 4.79 Å². The van der Waals surface area contributed by atoms with E-state index in [1.165, 1.54) is 18.3 Å². The summed E-state index contributed by atoms with van der Waals surface area (Å²) in [5, 5.41) is 3.22. The fourth-order valence-electron chi connectivity index (χ4n) is 2.25. The van der Waals surface area contributed by atoms with Crippen LogP contribution in [0.5, 0.6) is 0 Å². The summed E-state index contributed by atoms with van der Waals surface area (Å²) in [6.45, 7) is 8.05. The Labute approximate surface area is 143 Å². The van der Waals surface area contributed by atoms with Crippen molar-refractivity contribution < 1.29 is 4.79 Å². The maximum absolute atomic E-state index is 12.4. The molecule has 0 unspecified atom stereocenters. The first-order valence-electron chi connectivity index (χ1n) is 6.80. The van der Waals surface area contributed by atoms with Crippen LogP contribution in [0.2, 0.25) is 0 Å². The van der Waals surface area contributed by atoms with Gasteiger partial charge in [-0.25, -0.2) is 0 Å². The molecule has 1 N–H and O–H groups in total. The summed E-state index contributed by atoms with van der Waals surface area (Å²) < 4.78 is 2.50. The Morgan fingerprint density at radius 3 is 2.32 bits per heavy atom. The standard InChI is InChI=1S/C15H21I2NO/c1-4-10-11(5-2)15(17)13(16)9-12(10)14(19)7-8-18-6-3/h9,18H,4-8H2,1-3H3. The number of hydrogen-bond acceptors (Lipinski definition) is 2. The summed E-state index contributed by atoms with van der Waals surface area (Å²) in [7, 11) is 0. The highest BCUT2D eigenvalue weighted by molar-refractivity contribution is 14.1. The molecule has 0 aromatic heterocycles. The van der Waals surface area contributed by atoms with Gasteiger partial charge in [-0.1, -0.05) is 20.8 Å². The number of carbonyl (C=O) groups excluding carboxylic acids is 1. The van der Waals surface area contributed by atoms with Crippen LogP contribution in [0.1, 0.15) is 48.7 Å². The van der Waals surface area contributed by atoms with Crippen LogP contribution in [-0.4, -0.2) is 18.9 Å².